The van der Waals surface area contributed by atoms with Gasteiger partial charge in [-0.1, -0.05) is 0 Å². The molecular weight excluding hydrogens is 527 g/mol. The van der Waals surface area contributed by atoms with Crippen molar-refractivity contribution < 1.29 is 19.4 Å². The van der Waals surface area contributed by atoms with Crippen LogP contribution in [0.2, 0.25) is 0 Å². The van der Waals surface area contributed by atoms with Crippen molar-refractivity contribution in [1.29, 1.82) is 0 Å². The maximum atomic E-state index is 12.5. The SMILES string of the molecule is CC(=O)OC1CCC2(C)C(CCC3(C)C2CCC2C4C(C)CCC4(C(=O)O)CCI23)C1(C)C. The third-order valence-electron chi connectivity index (χ3n) is 11.7. The molecule has 0 aromatic carbocycles. The third-order valence-corrected chi connectivity index (χ3v) is 21.2. The number of carbonyl (C=O) groups excluding carboxylic acids is 1. The number of rotatable bonds is 2. The minimum atomic E-state index is -1.36. The van der Waals surface area contributed by atoms with Gasteiger partial charge in [0.05, 0.1) is 0 Å². The number of carbonyl (C=O) groups is 2. The summed E-state index contributed by atoms with van der Waals surface area (Å²) in [7, 11) is 0. The number of ether oxygens (including phenoxy) is 1. The summed E-state index contributed by atoms with van der Waals surface area (Å²) in [6, 6.07) is 0. The van der Waals surface area contributed by atoms with Crippen LogP contribution in [0.15, 0.2) is 0 Å². The fourth-order valence-electron chi connectivity index (χ4n) is 10.3. The molecule has 3 saturated carbocycles. The molecule has 3 aliphatic carbocycles. The Hall–Kier alpha value is -0.330. The Labute approximate surface area is 207 Å². The molecule has 0 radical (unpaired) electrons. The van der Waals surface area contributed by atoms with Crippen LogP contribution in [0.4, 0.5) is 0 Å². The Balaban J connectivity index is 1.46. The quantitative estimate of drug-likeness (QED) is 0.227. The Morgan fingerprint density at radius 1 is 0.909 bits per heavy atom. The van der Waals surface area contributed by atoms with Crippen molar-refractivity contribution in [3.8, 4) is 0 Å². The molecule has 0 spiro atoms. The third kappa shape index (κ3) is 3.25. The van der Waals surface area contributed by atoms with E-state index in [1.807, 2.05) is 0 Å². The van der Waals surface area contributed by atoms with E-state index in [1.54, 1.807) is 6.92 Å². The van der Waals surface area contributed by atoms with Crippen LogP contribution in [0, 0.1) is 39.9 Å². The standard InChI is InChI=1S/C28H45IO4/c1-17-9-14-28(24(31)32)15-16-29-19(23(17)28)7-8-21-26(5)12-11-22(33-18(2)30)25(3,4)20(26)10-13-27(21,29)6/h17,19-23H,7-16H2,1-6H3,(H,31,32). The predicted molar refractivity (Wildman–Crippen MR) is 140 cm³/mol. The van der Waals surface area contributed by atoms with Gasteiger partial charge in [-0.25, -0.2) is 0 Å². The molecule has 0 amide bonds. The summed E-state index contributed by atoms with van der Waals surface area (Å²) in [5.74, 6) is 1.75. The molecule has 1 N–H and O–H groups in total. The average Bonchev–Trinajstić information content (AvgIpc) is 3.08. The van der Waals surface area contributed by atoms with Gasteiger partial charge in [-0.2, -0.15) is 0 Å². The first-order valence-corrected chi connectivity index (χ1v) is 17.3. The van der Waals surface area contributed by atoms with E-state index in [-0.39, 0.29) is 17.5 Å². The van der Waals surface area contributed by atoms with Gasteiger partial charge in [0.2, 0.25) is 0 Å². The Kier molecular flexibility index (Phi) is 5.78. The molecule has 5 aliphatic rings. The molecule has 5 fully saturated rings. The molecule has 188 valence electrons. The van der Waals surface area contributed by atoms with Gasteiger partial charge in [0.25, 0.3) is 0 Å². The summed E-state index contributed by atoms with van der Waals surface area (Å²) in [6.45, 7) is 13.9. The molecule has 9 atom stereocenters. The van der Waals surface area contributed by atoms with E-state index in [2.05, 4.69) is 34.6 Å². The number of fused-ring (bicyclic) bond motifs is 7. The summed E-state index contributed by atoms with van der Waals surface area (Å²) >= 11 is -1.36. The van der Waals surface area contributed by atoms with Crippen molar-refractivity contribution in [1.82, 2.24) is 0 Å². The Morgan fingerprint density at radius 3 is 2.30 bits per heavy atom. The number of hydrogen-bond donors (Lipinski definition) is 1. The molecule has 9 unspecified atom stereocenters. The molecule has 2 saturated heterocycles. The van der Waals surface area contributed by atoms with E-state index in [9.17, 15) is 14.7 Å². The van der Waals surface area contributed by atoms with Gasteiger partial charge < -0.3 is 0 Å². The van der Waals surface area contributed by atoms with E-state index >= 15 is 0 Å². The molecule has 0 aromatic rings. The van der Waals surface area contributed by atoms with Crippen LogP contribution in [-0.2, 0) is 14.3 Å². The van der Waals surface area contributed by atoms with Crippen molar-refractivity contribution in [2.45, 2.75) is 113 Å². The molecule has 33 heavy (non-hydrogen) atoms. The van der Waals surface area contributed by atoms with Gasteiger partial charge in [-0.15, -0.1) is 0 Å². The maximum absolute atomic E-state index is 12.5. The zero-order valence-electron chi connectivity index (χ0n) is 21.6. The second-order valence-corrected chi connectivity index (χ2v) is 20.7. The number of esters is 1. The van der Waals surface area contributed by atoms with E-state index in [4.69, 9.17) is 4.74 Å². The number of halogens is 1. The van der Waals surface area contributed by atoms with Gasteiger partial charge in [0, 0.05) is 0 Å². The molecule has 5 heteroatoms. The fourth-order valence-corrected chi connectivity index (χ4v) is 22.1. The van der Waals surface area contributed by atoms with Crippen molar-refractivity contribution in [3.05, 3.63) is 0 Å². The molecule has 0 aromatic heterocycles. The first-order chi connectivity index (χ1) is 15.4. The number of carboxylic acid groups (broad SMARTS) is 1. The summed E-state index contributed by atoms with van der Waals surface area (Å²) in [4.78, 5) is 24.3. The number of hydrogen-bond acceptors (Lipinski definition) is 3. The van der Waals surface area contributed by atoms with E-state index < -0.39 is 31.2 Å². The normalized spacial score (nSPS) is 51.5. The van der Waals surface area contributed by atoms with Crippen molar-refractivity contribution in [2.75, 3.05) is 4.43 Å². The number of aliphatic carboxylic acids is 1. The second-order valence-electron chi connectivity index (χ2n) is 13.3. The van der Waals surface area contributed by atoms with Crippen LogP contribution < -0.4 is 0 Å². The van der Waals surface area contributed by atoms with E-state index in [0.717, 1.165) is 35.5 Å². The van der Waals surface area contributed by atoms with Crippen LogP contribution in [0.3, 0.4) is 0 Å². The number of carboxylic acids is 1. The average molecular weight is 573 g/mol. The first-order valence-electron chi connectivity index (χ1n) is 13.4. The van der Waals surface area contributed by atoms with E-state index in [1.165, 1.54) is 36.5 Å². The molecule has 5 rings (SSSR count). The Morgan fingerprint density at radius 2 is 1.64 bits per heavy atom. The van der Waals surface area contributed by atoms with Crippen molar-refractivity contribution in [3.63, 3.8) is 0 Å². The predicted octanol–water partition coefficient (Wildman–Crippen LogP) is 6.72. The van der Waals surface area contributed by atoms with Crippen molar-refractivity contribution in [2.24, 2.45) is 39.9 Å². The second kappa shape index (κ2) is 7.83. The van der Waals surface area contributed by atoms with Crippen LogP contribution in [0.5, 0.6) is 0 Å². The summed E-state index contributed by atoms with van der Waals surface area (Å²) in [5.41, 5.74) is -0.0734. The summed E-state index contributed by atoms with van der Waals surface area (Å²) < 4.78 is 8.32. The van der Waals surface area contributed by atoms with E-state index in [0.29, 0.717) is 26.6 Å². The summed E-state index contributed by atoms with van der Waals surface area (Å²) in [5, 5.41) is 10.3. The molecule has 2 heterocycles. The summed E-state index contributed by atoms with van der Waals surface area (Å²) in [6.07, 6.45) is 10.3. The topological polar surface area (TPSA) is 63.6 Å². The van der Waals surface area contributed by atoms with Gasteiger partial charge in [0.15, 0.2) is 0 Å². The van der Waals surface area contributed by atoms with Crippen LogP contribution in [0.1, 0.15) is 99.3 Å². The van der Waals surface area contributed by atoms with Gasteiger partial charge in [-0.3, -0.25) is 0 Å². The minimum absolute atomic E-state index is 0.0192. The van der Waals surface area contributed by atoms with Gasteiger partial charge in [0.1, 0.15) is 0 Å². The number of alkyl halides is 3. The van der Waals surface area contributed by atoms with Crippen LogP contribution in [0.25, 0.3) is 0 Å². The van der Waals surface area contributed by atoms with Gasteiger partial charge >= 0.3 is 208 Å². The monoisotopic (exact) mass is 572 g/mol. The van der Waals surface area contributed by atoms with Crippen LogP contribution >= 0.6 is 19.8 Å². The van der Waals surface area contributed by atoms with Crippen molar-refractivity contribution >= 4 is 31.8 Å². The molecular formula is C28H45IO4. The molecule has 2 aliphatic heterocycles. The fraction of sp³-hybridized carbons (Fsp3) is 0.929. The molecule has 0 bridgehead atoms. The van der Waals surface area contributed by atoms with Crippen LogP contribution in [-0.4, -0.2) is 34.9 Å². The zero-order chi connectivity index (χ0) is 24.0. The molecule has 4 nitrogen and oxygen atoms in total. The Bertz CT molecular complexity index is 840. The first kappa shape index (κ1) is 24.4. The zero-order valence-corrected chi connectivity index (χ0v) is 23.7. The van der Waals surface area contributed by atoms with Gasteiger partial charge in [-0.05, 0) is 0 Å².